The Balaban J connectivity index is 1.75. The number of nitrogens with zero attached hydrogens (tertiary/aromatic N) is 6. The van der Waals surface area contributed by atoms with Crippen molar-refractivity contribution in [3.05, 3.63) is 18.9 Å². The summed E-state index contributed by atoms with van der Waals surface area (Å²) in [4.78, 5) is 12.6. The van der Waals surface area contributed by atoms with E-state index < -0.39 is 32.9 Å². The summed E-state index contributed by atoms with van der Waals surface area (Å²) in [7, 11) is -0.581. The molecule has 0 spiro atoms. The van der Waals surface area contributed by atoms with Gasteiger partial charge in [0.2, 0.25) is 8.32 Å². The van der Waals surface area contributed by atoms with Crippen molar-refractivity contribution >= 4 is 36.9 Å². The lowest BCUT2D eigenvalue weighted by Crippen LogP contribution is -2.53. The summed E-state index contributed by atoms with van der Waals surface area (Å²) in [6.07, 6.45) is 0.245. The number of halogens is 1. The number of imidazole rings is 1. The summed E-state index contributed by atoms with van der Waals surface area (Å²) in [5.74, 6) is 0.238. The normalized spacial score (nSPS) is 23.1. The number of aliphatic hydroxyl groups excluding tert-OH is 1. The fraction of sp³-hybridized carbons (Fsp3) is 0.652. The molecule has 0 bridgehead atoms. The van der Waals surface area contributed by atoms with Crippen molar-refractivity contribution in [2.45, 2.75) is 92.8 Å². The van der Waals surface area contributed by atoms with Gasteiger partial charge >= 0.3 is 0 Å². The minimum Gasteiger partial charge on any atom is -0.407 e. The number of ether oxygens (including phenoxy) is 1. The number of nitrogens with two attached hydrogens (primary N) is 1. The van der Waals surface area contributed by atoms with Crippen molar-refractivity contribution in [1.29, 1.82) is 0 Å². The van der Waals surface area contributed by atoms with Gasteiger partial charge in [0.15, 0.2) is 18.0 Å². The molecule has 0 aliphatic carbocycles. The average Bonchev–Trinajstić information content (AvgIpc) is 3.48. The molecule has 1 aliphatic heterocycles. The molecule has 3 aromatic rings. The zero-order valence-electron chi connectivity index (χ0n) is 21.8. The van der Waals surface area contributed by atoms with Gasteiger partial charge in [-0.3, -0.25) is 0 Å². The zero-order chi connectivity index (χ0) is 26.4. The van der Waals surface area contributed by atoms with Gasteiger partial charge in [-0.25, -0.2) is 24.0 Å². The van der Waals surface area contributed by atoms with Crippen molar-refractivity contribution in [3.63, 3.8) is 0 Å². The van der Waals surface area contributed by atoms with Crippen molar-refractivity contribution in [3.8, 4) is 0 Å². The van der Waals surface area contributed by atoms with Gasteiger partial charge in [0.1, 0.15) is 34.4 Å². The fourth-order valence-electron chi connectivity index (χ4n) is 5.58. The summed E-state index contributed by atoms with van der Waals surface area (Å²) in [6.45, 7) is 12.5. The predicted molar refractivity (Wildman–Crippen MR) is 139 cm³/mol. The van der Waals surface area contributed by atoms with E-state index >= 15 is 4.39 Å². The van der Waals surface area contributed by atoms with Crippen molar-refractivity contribution < 1.29 is 18.7 Å². The van der Waals surface area contributed by atoms with E-state index in [1.54, 1.807) is 12.5 Å². The first-order valence-corrected chi connectivity index (χ1v) is 15.2. The van der Waals surface area contributed by atoms with E-state index in [2.05, 4.69) is 61.6 Å². The van der Waals surface area contributed by atoms with E-state index in [-0.39, 0.29) is 29.0 Å². The first-order chi connectivity index (χ1) is 17.0. The van der Waals surface area contributed by atoms with E-state index in [1.807, 2.05) is 11.6 Å². The van der Waals surface area contributed by atoms with Crippen LogP contribution in [0.15, 0.2) is 28.9 Å². The zero-order valence-corrected chi connectivity index (χ0v) is 23.6. The molecule has 1 saturated heterocycles. The maximum atomic E-state index is 16.3. The van der Waals surface area contributed by atoms with E-state index in [9.17, 15) is 5.11 Å². The van der Waals surface area contributed by atoms with Crippen LogP contribution in [0.5, 0.6) is 0 Å². The largest absolute Gasteiger partial charge is 0.407 e. The second kappa shape index (κ2) is 10.4. The van der Waals surface area contributed by atoms with Crippen molar-refractivity contribution in [2.75, 3.05) is 12.3 Å². The molecule has 0 aromatic carbocycles. The van der Waals surface area contributed by atoms with Gasteiger partial charge < -0.3 is 24.6 Å². The molecule has 0 amide bonds. The Morgan fingerprint density at radius 1 is 1.19 bits per heavy atom. The van der Waals surface area contributed by atoms with Crippen LogP contribution in [0.3, 0.4) is 0 Å². The van der Waals surface area contributed by atoms with Crippen LogP contribution in [0.4, 0.5) is 10.2 Å². The first kappa shape index (κ1) is 27.0. The molecule has 4 atom stereocenters. The number of hydrogen-bond donors (Lipinski definition) is 2. The number of aliphatic hydroxyl groups is 1. The van der Waals surface area contributed by atoms with Crippen molar-refractivity contribution in [1.82, 2.24) is 29.3 Å². The summed E-state index contributed by atoms with van der Waals surface area (Å²) in [5, 5.41) is 16.7. The van der Waals surface area contributed by atoms with Crippen LogP contribution in [-0.4, -0.2) is 67.7 Å². The Labute approximate surface area is 215 Å². The maximum absolute atomic E-state index is 16.3. The van der Waals surface area contributed by atoms with Gasteiger partial charge in [-0.15, -0.1) is 0 Å². The smallest absolute Gasteiger partial charge is 0.201 e. The summed E-state index contributed by atoms with van der Waals surface area (Å²) < 4.78 is 32.4. The highest BCUT2D eigenvalue weighted by Crippen LogP contribution is 2.47. The van der Waals surface area contributed by atoms with E-state index in [4.69, 9.17) is 14.9 Å². The van der Waals surface area contributed by atoms with E-state index in [0.29, 0.717) is 16.1 Å². The molecule has 4 heterocycles. The predicted octanol–water partition coefficient (Wildman–Crippen LogP) is 4.08. The summed E-state index contributed by atoms with van der Waals surface area (Å²) in [5.41, 5.74) is 7.32. The highest BCUT2D eigenvalue weighted by molar-refractivity contribution is 7.99. The van der Waals surface area contributed by atoms with Gasteiger partial charge in [0, 0.05) is 7.05 Å². The number of anilines is 1. The number of alkyl halides is 1. The van der Waals surface area contributed by atoms with Crippen LogP contribution < -0.4 is 5.73 Å². The Hall–Kier alpha value is -2.06. The highest BCUT2D eigenvalue weighted by atomic mass is 32.2. The Morgan fingerprint density at radius 3 is 2.42 bits per heavy atom. The number of aryl methyl sites for hydroxylation is 1. The third-order valence-electron chi connectivity index (χ3n) is 7.19. The van der Waals surface area contributed by atoms with Gasteiger partial charge in [-0.05, 0) is 28.4 Å². The van der Waals surface area contributed by atoms with Crippen LogP contribution >= 0.6 is 11.8 Å². The van der Waals surface area contributed by atoms with Gasteiger partial charge in [-0.1, -0.05) is 41.5 Å². The standard InChI is InChI=1S/C23H36FN7O3SSi/c1-12(2)36(13(3)4,14(5)6)34-19-15(9-32)33-23(18(19)24)31-21-17(20(25)27-10-28-21)22(29-31)35-16-8-26-11-30(16)7/h8,10-15,18-19,23,32H,9H2,1-7H3,(H2,25,27,28)/t15-,18+,19-,23-/m1/s1. The third kappa shape index (κ3) is 4.44. The Morgan fingerprint density at radius 2 is 1.86 bits per heavy atom. The fourth-order valence-corrected chi connectivity index (χ4v) is 12.1. The SMILES string of the molecule is CC(C)[Si](O[C@H]1[C@H](F)[C@H](n2nc(Sc3cncn3C)c3c(N)ncnc32)O[C@@H]1CO)(C(C)C)C(C)C. The van der Waals surface area contributed by atoms with Crippen LogP contribution in [0.25, 0.3) is 11.0 Å². The molecule has 1 fully saturated rings. The number of rotatable bonds is 9. The van der Waals surface area contributed by atoms with Crippen LogP contribution in [0.1, 0.15) is 47.8 Å². The molecule has 13 heteroatoms. The molecule has 198 valence electrons. The molecule has 3 aromatic heterocycles. The topological polar surface area (TPSA) is 126 Å². The Bertz CT molecular complexity index is 1180. The molecule has 3 N–H and O–H groups in total. The molecule has 0 saturated carbocycles. The molecule has 10 nitrogen and oxygen atoms in total. The molecule has 36 heavy (non-hydrogen) atoms. The van der Waals surface area contributed by atoms with Crippen molar-refractivity contribution in [2.24, 2.45) is 7.05 Å². The summed E-state index contributed by atoms with van der Waals surface area (Å²) >= 11 is 1.33. The van der Waals surface area contributed by atoms with Gasteiger partial charge in [0.05, 0.1) is 24.5 Å². The molecule has 0 unspecified atom stereocenters. The number of nitrogen functional groups attached to an aromatic ring is 1. The van der Waals surface area contributed by atoms with Gasteiger partial charge in [-0.2, -0.15) is 5.10 Å². The second-order valence-electron chi connectivity index (χ2n) is 10.2. The number of fused-ring (bicyclic) bond motifs is 1. The Kier molecular flexibility index (Phi) is 7.77. The lowest BCUT2D eigenvalue weighted by atomic mass is 10.1. The molecule has 4 rings (SSSR count). The molecular formula is C23H36FN7O3SSi. The summed E-state index contributed by atoms with van der Waals surface area (Å²) in [6, 6.07) is 0. The number of hydrogen-bond acceptors (Lipinski definition) is 9. The monoisotopic (exact) mass is 537 g/mol. The molecule has 0 radical (unpaired) electrons. The van der Waals surface area contributed by atoms with E-state index in [0.717, 1.165) is 5.03 Å². The molecular weight excluding hydrogens is 501 g/mol. The third-order valence-corrected chi connectivity index (χ3v) is 14.4. The van der Waals surface area contributed by atoms with Crippen LogP contribution in [0.2, 0.25) is 16.6 Å². The number of aromatic nitrogens is 6. The van der Waals surface area contributed by atoms with Crippen LogP contribution in [-0.2, 0) is 16.2 Å². The lowest BCUT2D eigenvalue weighted by molar-refractivity contribution is -0.0500. The second-order valence-corrected chi connectivity index (χ2v) is 16.7. The maximum Gasteiger partial charge on any atom is 0.201 e. The highest BCUT2D eigenvalue weighted by Gasteiger charge is 2.54. The lowest BCUT2D eigenvalue weighted by Gasteiger charge is -2.44. The average molecular weight is 538 g/mol. The quantitative estimate of drug-likeness (QED) is 0.388. The minimum atomic E-state index is -2.45. The first-order valence-electron chi connectivity index (χ1n) is 12.2. The van der Waals surface area contributed by atoms with Crippen LogP contribution in [0, 0.1) is 0 Å². The minimum absolute atomic E-state index is 0.238. The van der Waals surface area contributed by atoms with E-state index in [1.165, 1.54) is 22.8 Å². The molecule has 1 aliphatic rings. The van der Waals surface area contributed by atoms with Gasteiger partial charge in [0.25, 0.3) is 0 Å².